The van der Waals surface area contributed by atoms with Crippen molar-refractivity contribution in [2.75, 3.05) is 14.2 Å². The lowest BCUT2D eigenvalue weighted by molar-refractivity contribution is -0.0756. The maximum absolute atomic E-state index is 12.9. The molecular weight excluding hydrogens is 434 g/mol. The van der Waals surface area contributed by atoms with Crippen LogP contribution in [-0.4, -0.2) is 45.6 Å². The number of phenols is 1. The number of allylic oxidation sites excluding steroid dienone is 1. The molecule has 0 saturated carbocycles. The molecule has 2 aromatic carbocycles. The van der Waals surface area contributed by atoms with Gasteiger partial charge in [-0.2, -0.15) is 0 Å². The number of phenolic OH excluding ortho intramolecular Hbond substituents is 1. The van der Waals surface area contributed by atoms with Crippen molar-refractivity contribution in [3.8, 4) is 22.6 Å². The Bertz CT molecular complexity index is 1480. The Hall–Kier alpha value is -4.43. The molecule has 0 unspecified atom stereocenters. The number of carbonyl (C=O) groups excluding carboxylic acids is 2. The standard InChI is InChI=1S/C26H21N3O5/c1-28-14-17(13-21-24(31)23-19(30)5-4-6-20(23)34-21)22-18(11-12-27-25(22)28)15-7-9-16(10-8-15)26(32)29(2)33-3/h4-14,30H,1-3H3. The zero-order valence-corrected chi connectivity index (χ0v) is 18.8. The van der Waals surface area contributed by atoms with Crippen LogP contribution >= 0.6 is 0 Å². The number of ketones is 1. The number of hydroxylamine groups is 2. The second kappa shape index (κ2) is 8.17. The number of aryl methyl sites for hydroxylation is 1. The zero-order valence-electron chi connectivity index (χ0n) is 18.8. The van der Waals surface area contributed by atoms with Crippen molar-refractivity contribution in [1.29, 1.82) is 0 Å². The van der Waals surface area contributed by atoms with Gasteiger partial charge in [0.15, 0.2) is 5.76 Å². The first kappa shape index (κ1) is 21.4. The lowest BCUT2D eigenvalue weighted by Gasteiger charge is -2.14. The van der Waals surface area contributed by atoms with Crippen LogP contribution in [0.2, 0.25) is 0 Å². The number of Topliss-reactive ketones (excluding diaryl/α,β-unsaturated/α-hetero) is 1. The highest BCUT2D eigenvalue weighted by Gasteiger charge is 2.30. The topological polar surface area (TPSA) is 93.9 Å². The first-order valence-electron chi connectivity index (χ1n) is 10.5. The van der Waals surface area contributed by atoms with Crippen LogP contribution < -0.4 is 4.74 Å². The predicted molar refractivity (Wildman–Crippen MR) is 126 cm³/mol. The van der Waals surface area contributed by atoms with Crippen molar-refractivity contribution in [3.63, 3.8) is 0 Å². The van der Waals surface area contributed by atoms with E-state index >= 15 is 0 Å². The number of aromatic nitrogens is 2. The molecule has 1 amide bonds. The minimum atomic E-state index is -0.374. The van der Waals surface area contributed by atoms with Crippen LogP contribution in [0.5, 0.6) is 11.5 Å². The fourth-order valence-electron chi connectivity index (χ4n) is 4.10. The minimum Gasteiger partial charge on any atom is -0.507 e. The summed E-state index contributed by atoms with van der Waals surface area (Å²) in [7, 11) is 4.86. The Balaban J connectivity index is 1.59. The molecule has 4 aromatic rings. The van der Waals surface area contributed by atoms with Crippen molar-refractivity contribution in [3.05, 3.63) is 83.4 Å². The molecule has 0 atom stereocenters. The van der Waals surface area contributed by atoms with Crippen molar-refractivity contribution >= 4 is 28.8 Å². The van der Waals surface area contributed by atoms with Crippen LogP contribution in [0.1, 0.15) is 26.3 Å². The number of carbonyl (C=O) groups is 2. The van der Waals surface area contributed by atoms with E-state index in [0.717, 1.165) is 32.8 Å². The highest BCUT2D eigenvalue weighted by atomic mass is 16.7. The second-order valence-corrected chi connectivity index (χ2v) is 7.91. The number of hydrogen-bond acceptors (Lipinski definition) is 6. The van der Waals surface area contributed by atoms with E-state index in [4.69, 9.17) is 9.57 Å². The van der Waals surface area contributed by atoms with E-state index in [0.29, 0.717) is 11.3 Å². The largest absolute Gasteiger partial charge is 0.507 e. The number of aromatic hydroxyl groups is 1. The Morgan fingerprint density at radius 3 is 2.65 bits per heavy atom. The Labute approximate surface area is 195 Å². The van der Waals surface area contributed by atoms with Crippen LogP contribution in [0.25, 0.3) is 28.2 Å². The van der Waals surface area contributed by atoms with Crippen molar-refractivity contribution in [1.82, 2.24) is 14.6 Å². The van der Waals surface area contributed by atoms with Gasteiger partial charge >= 0.3 is 0 Å². The molecule has 1 aliphatic rings. The average molecular weight is 455 g/mol. The van der Waals surface area contributed by atoms with Crippen LogP contribution in [-0.2, 0) is 11.9 Å². The van der Waals surface area contributed by atoms with Gasteiger partial charge in [0.25, 0.3) is 5.91 Å². The van der Waals surface area contributed by atoms with E-state index in [2.05, 4.69) is 4.98 Å². The molecule has 8 nitrogen and oxygen atoms in total. The summed E-state index contributed by atoms with van der Waals surface area (Å²) in [5.74, 6) is -0.280. The predicted octanol–water partition coefficient (Wildman–Crippen LogP) is 4.20. The maximum atomic E-state index is 12.9. The van der Waals surface area contributed by atoms with Gasteiger partial charge in [0, 0.05) is 43.0 Å². The van der Waals surface area contributed by atoms with Gasteiger partial charge in [-0.3, -0.25) is 14.4 Å². The van der Waals surface area contributed by atoms with E-state index in [9.17, 15) is 14.7 Å². The first-order valence-corrected chi connectivity index (χ1v) is 10.5. The minimum absolute atomic E-state index is 0.111. The Morgan fingerprint density at radius 2 is 1.94 bits per heavy atom. The normalized spacial score (nSPS) is 13.9. The molecule has 34 heavy (non-hydrogen) atoms. The van der Waals surface area contributed by atoms with Crippen LogP contribution in [0.3, 0.4) is 0 Å². The fourth-order valence-corrected chi connectivity index (χ4v) is 4.10. The first-order chi connectivity index (χ1) is 16.4. The van der Waals surface area contributed by atoms with E-state index < -0.39 is 0 Å². The lowest BCUT2D eigenvalue weighted by atomic mass is 9.99. The summed E-state index contributed by atoms with van der Waals surface area (Å²) < 4.78 is 7.63. The van der Waals surface area contributed by atoms with Crippen molar-refractivity contribution in [2.45, 2.75) is 0 Å². The Morgan fingerprint density at radius 1 is 1.18 bits per heavy atom. The molecule has 8 heteroatoms. The molecule has 0 fully saturated rings. The quantitative estimate of drug-likeness (QED) is 0.366. The van der Waals surface area contributed by atoms with Gasteiger partial charge in [0.1, 0.15) is 22.7 Å². The fraction of sp³-hybridized carbons (Fsp3) is 0.115. The molecule has 0 aliphatic carbocycles. The van der Waals surface area contributed by atoms with Gasteiger partial charge < -0.3 is 14.4 Å². The van der Waals surface area contributed by atoms with Crippen LogP contribution in [0.4, 0.5) is 0 Å². The van der Waals surface area contributed by atoms with Gasteiger partial charge in [-0.1, -0.05) is 18.2 Å². The van der Waals surface area contributed by atoms with Gasteiger partial charge in [-0.25, -0.2) is 10.0 Å². The maximum Gasteiger partial charge on any atom is 0.277 e. The zero-order chi connectivity index (χ0) is 24.0. The number of pyridine rings is 1. The number of amides is 1. The van der Waals surface area contributed by atoms with E-state index in [1.165, 1.54) is 13.2 Å². The molecule has 0 saturated heterocycles. The average Bonchev–Trinajstić information content (AvgIpc) is 3.35. The molecule has 170 valence electrons. The molecule has 5 rings (SSSR count). The highest BCUT2D eigenvalue weighted by molar-refractivity contribution is 6.17. The third-order valence-corrected chi connectivity index (χ3v) is 5.85. The molecule has 3 heterocycles. The summed E-state index contributed by atoms with van der Waals surface area (Å²) in [4.78, 5) is 34.7. The molecule has 2 aromatic heterocycles. The molecular formula is C26H21N3O5. The third-order valence-electron chi connectivity index (χ3n) is 5.85. The third kappa shape index (κ3) is 3.41. The number of benzene rings is 2. The summed E-state index contributed by atoms with van der Waals surface area (Å²) in [5.41, 5.74) is 3.91. The summed E-state index contributed by atoms with van der Waals surface area (Å²) >= 11 is 0. The van der Waals surface area contributed by atoms with Gasteiger partial charge in [0.05, 0.1) is 7.11 Å². The number of hydrogen-bond donors (Lipinski definition) is 1. The van der Waals surface area contributed by atoms with Crippen molar-refractivity contribution in [2.24, 2.45) is 7.05 Å². The van der Waals surface area contributed by atoms with E-state index in [-0.39, 0.29) is 28.8 Å². The molecule has 1 aliphatic heterocycles. The van der Waals surface area contributed by atoms with E-state index in [1.807, 2.05) is 36.0 Å². The van der Waals surface area contributed by atoms with Gasteiger partial charge in [-0.05, 0) is 47.5 Å². The Kier molecular flexibility index (Phi) is 5.14. The van der Waals surface area contributed by atoms with Crippen LogP contribution in [0, 0.1) is 0 Å². The lowest BCUT2D eigenvalue weighted by Crippen LogP contribution is -2.25. The molecule has 1 N–H and O–H groups in total. The summed E-state index contributed by atoms with van der Waals surface area (Å²) in [5, 5.41) is 12.1. The SMILES string of the molecule is CON(C)C(=O)c1ccc(-c2ccnc3c2c(C=C2Oc4cccc(O)c4C2=O)cn3C)cc1. The second-order valence-electron chi connectivity index (χ2n) is 7.91. The number of fused-ring (bicyclic) bond motifs is 2. The highest BCUT2D eigenvalue weighted by Crippen LogP contribution is 2.39. The number of rotatable bonds is 4. The molecule has 0 spiro atoms. The summed E-state index contributed by atoms with van der Waals surface area (Å²) in [6.07, 6.45) is 5.26. The number of nitrogens with zero attached hydrogens (tertiary/aromatic N) is 3. The summed E-state index contributed by atoms with van der Waals surface area (Å²) in [6, 6.07) is 13.8. The summed E-state index contributed by atoms with van der Waals surface area (Å²) in [6.45, 7) is 0. The van der Waals surface area contributed by atoms with E-state index in [1.54, 1.807) is 43.6 Å². The monoisotopic (exact) mass is 455 g/mol. The van der Waals surface area contributed by atoms with Crippen molar-refractivity contribution < 1.29 is 24.3 Å². The molecule has 0 radical (unpaired) electrons. The number of ether oxygens (including phenoxy) is 1. The smallest absolute Gasteiger partial charge is 0.277 e. The van der Waals surface area contributed by atoms with Gasteiger partial charge in [-0.15, -0.1) is 0 Å². The van der Waals surface area contributed by atoms with Crippen LogP contribution in [0.15, 0.2) is 66.7 Å². The molecule has 0 bridgehead atoms. The van der Waals surface area contributed by atoms with Gasteiger partial charge in [0.2, 0.25) is 5.78 Å².